The van der Waals surface area contributed by atoms with E-state index in [-0.39, 0.29) is 0 Å². The summed E-state index contributed by atoms with van der Waals surface area (Å²) in [4.78, 5) is 6.59. The van der Waals surface area contributed by atoms with Crippen LogP contribution >= 0.6 is 27.5 Å². The number of sulfonamides is 1. The van der Waals surface area contributed by atoms with Gasteiger partial charge in [-0.15, -0.1) is 5.10 Å². The van der Waals surface area contributed by atoms with Crippen LogP contribution in [0.2, 0.25) is 5.15 Å². The number of benzene rings is 1. The van der Waals surface area contributed by atoms with Crippen molar-refractivity contribution in [2.75, 3.05) is 32.4 Å². The minimum atomic E-state index is -3.17. The third kappa shape index (κ3) is 5.17. The fourth-order valence-electron chi connectivity index (χ4n) is 3.96. The monoisotopic (exact) mass is 554 g/mol. The molecule has 1 aromatic carbocycles. The largest absolute Gasteiger partial charge is 0.437 e. The molecule has 2 aromatic heterocycles. The van der Waals surface area contributed by atoms with Gasteiger partial charge in [0, 0.05) is 44.8 Å². The van der Waals surface area contributed by atoms with Crippen LogP contribution in [0.5, 0.6) is 11.6 Å². The van der Waals surface area contributed by atoms with Gasteiger partial charge < -0.3 is 4.74 Å². The molecule has 1 aliphatic heterocycles. The number of pyridine rings is 1. The molecule has 0 N–H and O–H groups in total. The Morgan fingerprint density at radius 2 is 1.91 bits per heavy atom. The second-order valence-corrected chi connectivity index (χ2v) is 11.8. The van der Waals surface area contributed by atoms with Crippen LogP contribution in [0.25, 0.3) is 11.0 Å². The summed E-state index contributed by atoms with van der Waals surface area (Å²) in [6.07, 6.45) is 3.74. The fraction of sp³-hybridized carbons (Fsp3) is 0.476. The first-order valence-corrected chi connectivity index (χ1v) is 13.8. The van der Waals surface area contributed by atoms with E-state index in [0.717, 1.165) is 27.6 Å². The Kier molecular flexibility index (Phi) is 6.34. The maximum absolute atomic E-state index is 11.8. The number of piperazine rings is 1. The number of aromatic nitrogens is 4. The van der Waals surface area contributed by atoms with Gasteiger partial charge in [-0.05, 0) is 59.0 Å². The number of rotatable bonds is 7. The summed E-state index contributed by atoms with van der Waals surface area (Å²) in [6.45, 7) is 3.66. The molecule has 9 nitrogen and oxygen atoms in total. The van der Waals surface area contributed by atoms with Crippen molar-refractivity contribution in [3.63, 3.8) is 0 Å². The number of nitrogens with zero attached hydrogens (tertiary/aromatic N) is 6. The zero-order valence-electron chi connectivity index (χ0n) is 18.1. The van der Waals surface area contributed by atoms with Gasteiger partial charge in [-0.25, -0.2) is 18.1 Å². The van der Waals surface area contributed by atoms with Crippen molar-refractivity contribution in [3.8, 4) is 11.6 Å². The molecule has 0 amide bonds. The van der Waals surface area contributed by atoms with Gasteiger partial charge in [-0.3, -0.25) is 4.90 Å². The van der Waals surface area contributed by atoms with Crippen LogP contribution in [0.3, 0.4) is 0 Å². The van der Waals surface area contributed by atoms with Gasteiger partial charge in [0.2, 0.25) is 15.9 Å². The molecule has 0 unspecified atom stereocenters. The molecular weight excluding hydrogens is 532 g/mol. The Bertz CT molecular complexity index is 1290. The molecule has 33 heavy (non-hydrogen) atoms. The van der Waals surface area contributed by atoms with Gasteiger partial charge in [0.1, 0.15) is 16.4 Å². The summed E-state index contributed by atoms with van der Waals surface area (Å²) in [6, 6.07) is 7.48. The van der Waals surface area contributed by atoms with Crippen LogP contribution in [0.4, 0.5) is 0 Å². The van der Waals surface area contributed by atoms with E-state index in [1.807, 2.05) is 22.9 Å². The highest BCUT2D eigenvalue weighted by molar-refractivity contribution is 9.10. The standard InChI is InChI=1S/C21H24BrClN6O3S/c1-33(30,31)28-10-8-27(9-11-28)13-15-4-7-18(23)24-21(15)32-17-6-5-16-20(19(17)22)25-26-29(16)12-14-2-3-14/h4-7,14H,2-3,8-13H2,1H3. The highest BCUT2D eigenvalue weighted by Gasteiger charge is 2.26. The predicted molar refractivity (Wildman–Crippen MR) is 129 cm³/mol. The lowest BCUT2D eigenvalue weighted by atomic mass is 10.2. The molecule has 1 saturated heterocycles. The normalized spacial score (nSPS) is 18.2. The molecule has 0 spiro atoms. The van der Waals surface area contributed by atoms with E-state index in [1.54, 1.807) is 6.07 Å². The van der Waals surface area contributed by atoms with E-state index in [1.165, 1.54) is 23.4 Å². The molecule has 0 atom stereocenters. The molecule has 0 bridgehead atoms. The first-order valence-electron chi connectivity index (χ1n) is 10.8. The summed E-state index contributed by atoms with van der Waals surface area (Å²) in [5, 5.41) is 8.98. The number of ether oxygens (including phenoxy) is 1. The van der Waals surface area contributed by atoms with E-state index in [9.17, 15) is 8.42 Å². The third-order valence-corrected chi connectivity index (χ3v) is 8.30. The Hall–Kier alpha value is -1.79. The zero-order valence-corrected chi connectivity index (χ0v) is 21.3. The molecule has 2 aliphatic rings. The Labute approximate surface area is 205 Å². The SMILES string of the molecule is CS(=O)(=O)N1CCN(Cc2ccc(Cl)nc2Oc2ccc3c(nnn3CC3CC3)c2Br)CC1. The van der Waals surface area contributed by atoms with E-state index in [2.05, 4.69) is 36.1 Å². The van der Waals surface area contributed by atoms with Crippen molar-refractivity contribution in [2.24, 2.45) is 5.92 Å². The number of halogens is 2. The molecule has 3 heterocycles. The Morgan fingerprint density at radius 1 is 1.15 bits per heavy atom. The van der Waals surface area contributed by atoms with Gasteiger partial charge in [-0.1, -0.05) is 16.8 Å². The molecule has 2 fully saturated rings. The van der Waals surface area contributed by atoms with Crippen molar-refractivity contribution in [1.29, 1.82) is 0 Å². The average Bonchev–Trinajstić information content (AvgIpc) is 3.50. The smallest absolute Gasteiger partial charge is 0.225 e. The number of fused-ring (bicyclic) bond motifs is 1. The van der Waals surface area contributed by atoms with E-state index < -0.39 is 10.0 Å². The number of hydrogen-bond donors (Lipinski definition) is 0. The summed E-state index contributed by atoms with van der Waals surface area (Å²) in [5.74, 6) is 1.69. The molecule has 1 aliphatic carbocycles. The van der Waals surface area contributed by atoms with Crippen molar-refractivity contribution in [3.05, 3.63) is 39.5 Å². The summed E-state index contributed by atoms with van der Waals surface area (Å²) in [7, 11) is -3.17. The molecule has 3 aromatic rings. The minimum Gasteiger partial charge on any atom is -0.437 e. The zero-order chi connectivity index (χ0) is 23.2. The van der Waals surface area contributed by atoms with Crippen molar-refractivity contribution < 1.29 is 13.2 Å². The van der Waals surface area contributed by atoms with Gasteiger partial charge in [0.15, 0.2) is 0 Å². The highest BCUT2D eigenvalue weighted by atomic mass is 79.9. The van der Waals surface area contributed by atoms with E-state index in [0.29, 0.717) is 55.4 Å². The number of hydrogen-bond acceptors (Lipinski definition) is 7. The van der Waals surface area contributed by atoms with Crippen LogP contribution in [0.15, 0.2) is 28.7 Å². The van der Waals surface area contributed by atoms with Crippen LogP contribution < -0.4 is 4.74 Å². The third-order valence-electron chi connectivity index (χ3n) is 6.02. The van der Waals surface area contributed by atoms with Crippen molar-refractivity contribution in [2.45, 2.75) is 25.9 Å². The summed E-state index contributed by atoms with van der Waals surface area (Å²) >= 11 is 9.80. The van der Waals surface area contributed by atoms with Gasteiger partial charge >= 0.3 is 0 Å². The quantitative estimate of drug-likeness (QED) is 0.412. The maximum Gasteiger partial charge on any atom is 0.225 e. The van der Waals surface area contributed by atoms with Crippen LogP contribution in [-0.4, -0.2) is 70.0 Å². The molecule has 0 radical (unpaired) electrons. The Balaban J connectivity index is 1.35. The maximum atomic E-state index is 11.8. The van der Waals surface area contributed by atoms with Crippen molar-refractivity contribution in [1.82, 2.24) is 29.2 Å². The Morgan fingerprint density at radius 3 is 2.61 bits per heavy atom. The van der Waals surface area contributed by atoms with Crippen LogP contribution in [-0.2, 0) is 23.1 Å². The lowest BCUT2D eigenvalue weighted by Gasteiger charge is -2.33. The highest BCUT2D eigenvalue weighted by Crippen LogP contribution is 2.37. The van der Waals surface area contributed by atoms with Crippen molar-refractivity contribution >= 4 is 48.6 Å². The first kappa shape index (κ1) is 23.0. The first-order chi connectivity index (χ1) is 15.8. The van der Waals surface area contributed by atoms with Gasteiger partial charge in [0.25, 0.3) is 0 Å². The fourth-order valence-corrected chi connectivity index (χ4v) is 5.43. The average molecular weight is 556 g/mol. The van der Waals surface area contributed by atoms with Gasteiger partial charge in [0.05, 0.1) is 16.2 Å². The van der Waals surface area contributed by atoms with Gasteiger partial charge in [-0.2, -0.15) is 4.31 Å². The molecule has 176 valence electrons. The molecule has 5 rings (SSSR count). The van der Waals surface area contributed by atoms with E-state index in [4.69, 9.17) is 16.3 Å². The lowest BCUT2D eigenvalue weighted by molar-refractivity contribution is 0.180. The van der Waals surface area contributed by atoms with E-state index >= 15 is 0 Å². The van der Waals surface area contributed by atoms with Crippen LogP contribution in [0.1, 0.15) is 18.4 Å². The topological polar surface area (TPSA) is 93.5 Å². The molecule has 1 saturated carbocycles. The summed E-state index contributed by atoms with van der Waals surface area (Å²) < 4.78 is 33.9. The minimum absolute atomic E-state index is 0.336. The second-order valence-electron chi connectivity index (χ2n) is 8.60. The molecule has 12 heteroatoms. The van der Waals surface area contributed by atoms with Crippen LogP contribution in [0, 0.1) is 5.92 Å². The second kappa shape index (κ2) is 9.10. The predicted octanol–water partition coefficient (Wildman–Crippen LogP) is 3.52. The lowest BCUT2D eigenvalue weighted by Crippen LogP contribution is -2.47. The molecular formula is C21H24BrClN6O3S. The summed E-state index contributed by atoms with van der Waals surface area (Å²) in [5.41, 5.74) is 2.58.